The molecule has 0 atom stereocenters. The molecule has 3 aromatic carbocycles. The monoisotopic (exact) mass is 520 g/mol. The molecular formula is C28H32N4O6. The maximum atomic E-state index is 13.1. The predicted molar refractivity (Wildman–Crippen MR) is 145 cm³/mol. The number of aliphatic hydroxyl groups excluding tert-OH is 1. The van der Waals surface area contributed by atoms with Gasteiger partial charge in [0.1, 0.15) is 5.84 Å². The van der Waals surface area contributed by atoms with Gasteiger partial charge in [0.2, 0.25) is 0 Å². The van der Waals surface area contributed by atoms with E-state index in [1.165, 1.54) is 0 Å². The number of anilines is 2. The third-order valence-corrected chi connectivity index (χ3v) is 5.42. The van der Waals surface area contributed by atoms with E-state index in [1.807, 2.05) is 32.9 Å². The molecule has 38 heavy (non-hydrogen) atoms. The number of nitrogen functional groups attached to an aromatic ring is 1. The number of aliphatic hydroxyl groups is 1. The Kier molecular flexibility index (Phi) is 9.28. The van der Waals surface area contributed by atoms with Crippen LogP contribution in [0.3, 0.4) is 0 Å². The van der Waals surface area contributed by atoms with Crippen LogP contribution in [-0.4, -0.2) is 40.6 Å². The summed E-state index contributed by atoms with van der Waals surface area (Å²) in [6.07, 6.45) is -0.214. The molecular weight excluding hydrogens is 488 g/mol. The van der Waals surface area contributed by atoms with Crippen LogP contribution in [0.25, 0.3) is 0 Å². The summed E-state index contributed by atoms with van der Waals surface area (Å²) in [6.45, 7) is 4.90. The molecule has 10 heteroatoms. The van der Waals surface area contributed by atoms with E-state index in [9.17, 15) is 14.7 Å². The second kappa shape index (κ2) is 12.6. The largest absolute Gasteiger partial charge is 0.487 e. The van der Waals surface area contributed by atoms with Crippen molar-refractivity contribution < 1.29 is 29.3 Å². The average Bonchev–Trinajstić information content (AvgIpc) is 2.86. The molecule has 0 aliphatic heterocycles. The van der Waals surface area contributed by atoms with Crippen molar-refractivity contribution in [2.24, 2.45) is 5.73 Å². The van der Waals surface area contributed by atoms with Gasteiger partial charge >= 0.3 is 5.97 Å². The molecule has 0 saturated carbocycles. The minimum atomic E-state index is -1.14. The number of carboxylic acids is 1. The summed E-state index contributed by atoms with van der Waals surface area (Å²) in [4.78, 5) is 24.3. The van der Waals surface area contributed by atoms with Crippen LogP contribution < -0.4 is 25.8 Å². The van der Waals surface area contributed by atoms with Crippen LogP contribution in [0.15, 0.2) is 54.6 Å². The third-order valence-electron chi connectivity index (χ3n) is 5.42. The molecule has 200 valence electrons. The lowest BCUT2D eigenvalue weighted by molar-refractivity contribution is -0.139. The fourth-order valence-electron chi connectivity index (χ4n) is 3.71. The zero-order valence-corrected chi connectivity index (χ0v) is 21.5. The number of rotatable bonds is 12. The van der Waals surface area contributed by atoms with Crippen molar-refractivity contribution in [3.8, 4) is 11.5 Å². The van der Waals surface area contributed by atoms with E-state index >= 15 is 0 Å². The van der Waals surface area contributed by atoms with E-state index in [4.69, 9.17) is 25.7 Å². The Balaban J connectivity index is 1.90. The molecule has 10 nitrogen and oxygen atoms in total. The Bertz CT molecular complexity index is 1320. The van der Waals surface area contributed by atoms with Gasteiger partial charge in [-0.3, -0.25) is 10.2 Å². The van der Waals surface area contributed by atoms with Crippen molar-refractivity contribution in [3.05, 3.63) is 82.4 Å². The molecule has 0 spiro atoms. The number of amides is 1. The first kappa shape index (κ1) is 28.0. The number of carboxylic acid groups (broad SMARTS) is 1. The highest BCUT2D eigenvalue weighted by Gasteiger charge is 2.18. The predicted octanol–water partition coefficient (Wildman–Crippen LogP) is 3.89. The van der Waals surface area contributed by atoms with Gasteiger partial charge < -0.3 is 36.1 Å². The topological polar surface area (TPSA) is 167 Å². The molecule has 0 aliphatic carbocycles. The molecule has 0 aliphatic rings. The standard InChI is InChI=1S/C28H32N4O6/c1-16(2)38-24-12-18(14-33)11-20(26(24)37-15-25(34)35)13-31-23-10-17(3)4-9-22(23)28(36)32-21-7-5-19(6-8-21)27(29)30/h4-12,16,31,33H,13-15H2,1-3H3,(H3,29,30)(H,32,36)(H,34,35). The van der Waals surface area contributed by atoms with Crippen molar-refractivity contribution in [2.75, 3.05) is 17.2 Å². The molecule has 3 rings (SSSR count). The molecule has 0 heterocycles. The van der Waals surface area contributed by atoms with Crippen molar-refractivity contribution >= 4 is 29.1 Å². The number of ether oxygens (including phenoxy) is 2. The minimum Gasteiger partial charge on any atom is -0.487 e. The maximum absolute atomic E-state index is 13.1. The fraction of sp³-hybridized carbons (Fsp3) is 0.250. The molecule has 0 bridgehead atoms. The van der Waals surface area contributed by atoms with Gasteiger partial charge in [0.25, 0.3) is 5.91 Å². The lowest BCUT2D eigenvalue weighted by Crippen LogP contribution is -2.17. The second-order valence-electron chi connectivity index (χ2n) is 8.94. The number of hydrogen-bond acceptors (Lipinski definition) is 7. The number of nitrogens with one attached hydrogen (secondary N) is 3. The summed E-state index contributed by atoms with van der Waals surface area (Å²) in [5.74, 6) is -0.986. The number of aryl methyl sites for hydroxylation is 1. The number of nitrogens with two attached hydrogens (primary N) is 1. The number of aliphatic carboxylic acids is 1. The molecule has 1 amide bonds. The van der Waals surface area contributed by atoms with Gasteiger partial charge in [0.15, 0.2) is 18.1 Å². The van der Waals surface area contributed by atoms with E-state index in [1.54, 1.807) is 42.5 Å². The van der Waals surface area contributed by atoms with Gasteiger partial charge in [-0.05, 0) is 80.4 Å². The highest BCUT2D eigenvalue weighted by Crippen LogP contribution is 2.35. The van der Waals surface area contributed by atoms with E-state index in [0.29, 0.717) is 39.4 Å². The van der Waals surface area contributed by atoms with Gasteiger partial charge in [0.05, 0.1) is 18.3 Å². The Labute approximate surface area is 220 Å². The van der Waals surface area contributed by atoms with Crippen molar-refractivity contribution in [1.82, 2.24) is 0 Å². The first-order chi connectivity index (χ1) is 18.1. The molecule has 7 N–H and O–H groups in total. The fourth-order valence-corrected chi connectivity index (χ4v) is 3.71. The van der Waals surface area contributed by atoms with Crippen LogP contribution in [-0.2, 0) is 17.9 Å². The molecule has 0 saturated heterocycles. The van der Waals surface area contributed by atoms with Crippen molar-refractivity contribution in [1.29, 1.82) is 5.41 Å². The number of carbonyl (C=O) groups is 2. The van der Waals surface area contributed by atoms with Crippen molar-refractivity contribution in [3.63, 3.8) is 0 Å². The first-order valence-corrected chi connectivity index (χ1v) is 12.0. The number of benzene rings is 3. The number of hydrogen-bond donors (Lipinski definition) is 6. The zero-order chi connectivity index (χ0) is 27.8. The normalized spacial score (nSPS) is 10.7. The maximum Gasteiger partial charge on any atom is 0.341 e. The Morgan fingerprint density at radius 3 is 2.39 bits per heavy atom. The highest BCUT2D eigenvalue weighted by molar-refractivity contribution is 6.08. The third kappa shape index (κ3) is 7.47. The number of amidine groups is 1. The van der Waals surface area contributed by atoms with Crippen LogP contribution >= 0.6 is 0 Å². The van der Waals surface area contributed by atoms with Gasteiger partial charge in [0, 0.05) is 29.0 Å². The SMILES string of the molecule is Cc1ccc(C(=O)Nc2ccc(C(=N)N)cc2)c(NCc2cc(CO)cc(OC(C)C)c2OCC(=O)O)c1. The highest BCUT2D eigenvalue weighted by atomic mass is 16.5. The van der Waals surface area contributed by atoms with E-state index in [0.717, 1.165) is 5.56 Å². The summed E-state index contributed by atoms with van der Waals surface area (Å²) >= 11 is 0. The lowest BCUT2D eigenvalue weighted by Gasteiger charge is -2.20. The summed E-state index contributed by atoms with van der Waals surface area (Å²) in [6, 6.07) is 15.3. The first-order valence-electron chi connectivity index (χ1n) is 12.0. The molecule has 0 unspecified atom stereocenters. The van der Waals surface area contributed by atoms with Crippen LogP contribution in [0.4, 0.5) is 11.4 Å². The van der Waals surface area contributed by atoms with Gasteiger partial charge in [-0.2, -0.15) is 0 Å². The van der Waals surface area contributed by atoms with E-state index in [2.05, 4.69) is 10.6 Å². The quantitative estimate of drug-likeness (QED) is 0.154. The summed E-state index contributed by atoms with van der Waals surface area (Å²) in [5.41, 5.74) is 9.57. The van der Waals surface area contributed by atoms with Gasteiger partial charge in [-0.25, -0.2) is 4.79 Å². The average molecular weight is 521 g/mol. The van der Waals surface area contributed by atoms with Crippen LogP contribution in [0, 0.1) is 12.3 Å². The Hall–Kier alpha value is -4.57. The van der Waals surface area contributed by atoms with Gasteiger partial charge in [-0.1, -0.05) is 6.07 Å². The van der Waals surface area contributed by atoms with Gasteiger partial charge in [-0.15, -0.1) is 0 Å². The lowest BCUT2D eigenvalue weighted by atomic mass is 10.1. The molecule has 0 aromatic heterocycles. The Morgan fingerprint density at radius 2 is 1.79 bits per heavy atom. The summed E-state index contributed by atoms with van der Waals surface area (Å²) in [7, 11) is 0. The van der Waals surface area contributed by atoms with Crippen LogP contribution in [0.1, 0.15) is 46.5 Å². The molecule has 0 fully saturated rings. The van der Waals surface area contributed by atoms with Crippen LogP contribution in [0.5, 0.6) is 11.5 Å². The van der Waals surface area contributed by atoms with Crippen LogP contribution in [0.2, 0.25) is 0 Å². The molecule has 3 aromatic rings. The molecule has 0 radical (unpaired) electrons. The summed E-state index contributed by atoms with van der Waals surface area (Å²) < 4.78 is 11.4. The van der Waals surface area contributed by atoms with E-state index < -0.39 is 12.6 Å². The summed E-state index contributed by atoms with van der Waals surface area (Å²) in [5, 5.41) is 32.5. The minimum absolute atomic E-state index is 0.0631. The number of carbonyl (C=O) groups excluding carboxylic acids is 1. The smallest absolute Gasteiger partial charge is 0.341 e. The van der Waals surface area contributed by atoms with Crippen molar-refractivity contribution in [2.45, 2.75) is 40.0 Å². The Morgan fingerprint density at radius 1 is 1.08 bits per heavy atom. The second-order valence-corrected chi connectivity index (χ2v) is 8.94. The zero-order valence-electron chi connectivity index (χ0n) is 21.5. The van der Waals surface area contributed by atoms with E-state index in [-0.39, 0.29) is 36.7 Å².